The third kappa shape index (κ3) is 4.43. The smallest absolute Gasteiger partial charge is 0.328 e. The number of benzene rings is 1. The standard InChI is InChI=1S/C16H20O3/c17-16(18)11-10-14-8-4-5-9-15(14)19-12-13-6-2-1-3-7-13/h4-5,8-11,13H,1-3,6-7,12H2,(H,17,18). The predicted molar refractivity (Wildman–Crippen MR) is 75.2 cm³/mol. The van der Waals surface area contributed by atoms with E-state index < -0.39 is 5.97 Å². The summed E-state index contributed by atoms with van der Waals surface area (Å²) in [6.45, 7) is 0.734. The minimum absolute atomic E-state index is 0.644. The molecule has 0 spiro atoms. The van der Waals surface area contributed by atoms with Crippen molar-refractivity contribution in [3.8, 4) is 5.75 Å². The second-order valence-corrected chi connectivity index (χ2v) is 5.02. The molecule has 0 aliphatic heterocycles. The van der Waals surface area contributed by atoms with Gasteiger partial charge in [0.25, 0.3) is 0 Å². The molecule has 1 saturated carbocycles. The monoisotopic (exact) mass is 260 g/mol. The number of para-hydroxylation sites is 1. The van der Waals surface area contributed by atoms with Gasteiger partial charge in [0.15, 0.2) is 0 Å². The van der Waals surface area contributed by atoms with E-state index in [-0.39, 0.29) is 0 Å². The number of aliphatic carboxylic acids is 1. The minimum atomic E-state index is -0.943. The second kappa shape index (κ2) is 6.98. The summed E-state index contributed by atoms with van der Waals surface area (Å²) in [6, 6.07) is 7.56. The number of rotatable bonds is 5. The van der Waals surface area contributed by atoms with Gasteiger partial charge in [0.1, 0.15) is 5.75 Å². The fourth-order valence-corrected chi connectivity index (χ4v) is 2.47. The molecule has 1 N–H and O–H groups in total. The normalized spacial score (nSPS) is 16.6. The molecule has 1 fully saturated rings. The van der Waals surface area contributed by atoms with Gasteiger partial charge in [0.2, 0.25) is 0 Å². The number of carboxylic acids is 1. The molecule has 0 radical (unpaired) electrons. The fraction of sp³-hybridized carbons (Fsp3) is 0.438. The Kier molecular flexibility index (Phi) is 5.01. The van der Waals surface area contributed by atoms with Crippen LogP contribution in [0.25, 0.3) is 6.08 Å². The molecular weight excluding hydrogens is 240 g/mol. The number of ether oxygens (including phenoxy) is 1. The molecule has 1 aliphatic carbocycles. The van der Waals surface area contributed by atoms with Gasteiger partial charge in [-0.25, -0.2) is 4.79 Å². The highest BCUT2D eigenvalue weighted by atomic mass is 16.5. The lowest BCUT2D eigenvalue weighted by Gasteiger charge is -2.22. The Balaban J connectivity index is 1.96. The molecule has 0 aromatic heterocycles. The van der Waals surface area contributed by atoms with Crippen molar-refractivity contribution >= 4 is 12.0 Å². The largest absolute Gasteiger partial charge is 0.493 e. The van der Waals surface area contributed by atoms with Crippen molar-refractivity contribution < 1.29 is 14.6 Å². The molecule has 102 valence electrons. The molecular formula is C16H20O3. The number of carboxylic acid groups (broad SMARTS) is 1. The van der Waals surface area contributed by atoms with Gasteiger partial charge in [-0.15, -0.1) is 0 Å². The lowest BCUT2D eigenvalue weighted by atomic mass is 9.90. The van der Waals surface area contributed by atoms with Gasteiger partial charge in [-0.1, -0.05) is 37.5 Å². The van der Waals surface area contributed by atoms with E-state index in [1.165, 1.54) is 32.1 Å². The van der Waals surface area contributed by atoms with Gasteiger partial charge in [-0.2, -0.15) is 0 Å². The van der Waals surface area contributed by atoms with Crippen LogP contribution in [-0.4, -0.2) is 17.7 Å². The van der Waals surface area contributed by atoms with Crippen molar-refractivity contribution in [3.63, 3.8) is 0 Å². The zero-order chi connectivity index (χ0) is 13.5. The van der Waals surface area contributed by atoms with E-state index in [0.717, 1.165) is 24.0 Å². The molecule has 3 nitrogen and oxygen atoms in total. The molecule has 0 atom stereocenters. The van der Waals surface area contributed by atoms with Gasteiger partial charge in [0, 0.05) is 11.6 Å². The molecule has 0 unspecified atom stereocenters. The summed E-state index contributed by atoms with van der Waals surface area (Å²) in [4.78, 5) is 10.6. The average Bonchev–Trinajstić information content (AvgIpc) is 2.45. The average molecular weight is 260 g/mol. The summed E-state index contributed by atoms with van der Waals surface area (Å²) >= 11 is 0. The quantitative estimate of drug-likeness (QED) is 0.820. The molecule has 1 aliphatic rings. The predicted octanol–water partition coefficient (Wildman–Crippen LogP) is 3.74. The topological polar surface area (TPSA) is 46.5 Å². The summed E-state index contributed by atoms with van der Waals surface area (Å²) in [6.07, 6.45) is 9.15. The van der Waals surface area contributed by atoms with Crippen LogP contribution in [0.4, 0.5) is 0 Å². The van der Waals surface area contributed by atoms with Crippen molar-refractivity contribution in [1.29, 1.82) is 0 Å². The number of hydrogen-bond acceptors (Lipinski definition) is 2. The molecule has 0 amide bonds. The van der Waals surface area contributed by atoms with Crippen LogP contribution in [-0.2, 0) is 4.79 Å². The van der Waals surface area contributed by atoms with E-state index in [1.807, 2.05) is 24.3 Å². The first kappa shape index (κ1) is 13.7. The molecule has 1 aromatic rings. The summed E-state index contributed by atoms with van der Waals surface area (Å²) < 4.78 is 5.86. The minimum Gasteiger partial charge on any atom is -0.493 e. The second-order valence-electron chi connectivity index (χ2n) is 5.02. The molecule has 19 heavy (non-hydrogen) atoms. The highest BCUT2D eigenvalue weighted by Crippen LogP contribution is 2.26. The molecule has 0 heterocycles. The van der Waals surface area contributed by atoms with Crippen LogP contribution in [0.1, 0.15) is 37.7 Å². The third-order valence-corrected chi connectivity index (χ3v) is 3.52. The van der Waals surface area contributed by atoms with E-state index in [1.54, 1.807) is 6.08 Å². The summed E-state index contributed by atoms with van der Waals surface area (Å²) in [7, 11) is 0. The molecule has 2 rings (SSSR count). The van der Waals surface area contributed by atoms with E-state index in [9.17, 15) is 4.79 Å². The highest BCUT2D eigenvalue weighted by Gasteiger charge is 2.14. The number of carbonyl (C=O) groups is 1. The van der Waals surface area contributed by atoms with E-state index >= 15 is 0 Å². The van der Waals surface area contributed by atoms with Crippen molar-refractivity contribution in [3.05, 3.63) is 35.9 Å². The first-order chi connectivity index (χ1) is 9.25. The van der Waals surface area contributed by atoms with Gasteiger partial charge in [0.05, 0.1) is 6.61 Å². The van der Waals surface area contributed by atoms with E-state index in [2.05, 4.69) is 0 Å². The lowest BCUT2D eigenvalue weighted by molar-refractivity contribution is -0.131. The van der Waals surface area contributed by atoms with Crippen LogP contribution in [0.5, 0.6) is 5.75 Å². The number of hydrogen-bond donors (Lipinski definition) is 1. The molecule has 1 aromatic carbocycles. The van der Waals surface area contributed by atoms with Crippen LogP contribution in [0, 0.1) is 5.92 Å². The van der Waals surface area contributed by atoms with E-state index in [4.69, 9.17) is 9.84 Å². The Labute approximate surface area is 113 Å². The van der Waals surface area contributed by atoms with Crippen molar-refractivity contribution in [2.75, 3.05) is 6.61 Å². The fourth-order valence-electron chi connectivity index (χ4n) is 2.47. The molecule has 0 saturated heterocycles. The van der Waals surface area contributed by atoms with Gasteiger partial charge in [-0.05, 0) is 30.9 Å². The van der Waals surface area contributed by atoms with Crippen LogP contribution < -0.4 is 4.74 Å². The van der Waals surface area contributed by atoms with Gasteiger partial charge >= 0.3 is 5.97 Å². The van der Waals surface area contributed by atoms with Gasteiger partial charge in [-0.3, -0.25) is 0 Å². The van der Waals surface area contributed by atoms with Gasteiger partial charge < -0.3 is 9.84 Å². The van der Waals surface area contributed by atoms with E-state index in [0.29, 0.717) is 5.92 Å². The molecule has 3 heteroatoms. The third-order valence-electron chi connectivity index (χ3n) is 3.52. The Morgan fingerprint density at radius 2 is 2.00 bits per heavy atom. The SMILES string of the molecule is O=C(O)C=Cc1ccccc1OCC1CCCCC1. The van der Waals surface area contributed by atoms with Crippen LogP contribution in [0.2, 0.25) is 0 Å². The lowest BCUT2D eigenvalue weighted by Crippen LogP contribution is -2.15. The first-order valence-corrected chi connectivity index (χ1v) is 6.88. The Bertz CT molecular complexity index is 445. The Morgan fingerprint density at radius 1 is 1.26 bits per heavy atom. The van der Waals surface area contributed by atoms with Crippen molar-refractivity contribution in [2.24, 2.45) is 5.92 Å². The van der Waals surface area contributed by atoms with Crippen molar-refractivity contribution in [2.45, 2.75) is 32.1 Å². The van der Waals surface area contributed by atoms with Crippen LogP contribution >= 0.6 is 0 Å². The summed E-state index contributed by atoms with van der Waals surface area (Å²) in [5.41, 5.74) is 0.820. The van der Waals surface area contributed by atoms with Crippen LogP contribution in [0.3, 0.4) is 0 Å². The Morgan fingerprint density at radius 3 is 2.74 bits per heavy atom. The van der Waals surface area contributed by atoms with Crippen molar-refractivity contribution in [1.82, 2.24) is 0 Å². The Hall–Kier alpha value is -1.77. The van der Waals surface area contributed by atoms with Crippen LogP contribution in [0.15, 0.2) is 30.3 Å². The summed E-state index contributed by atoms with van der Waals surface area (Å²) in [5, 5.41) is 8.67. The zero-order valence-electron chi connectivity index (χ0n) is 11.0. The maximum absolute atomic E-state index is 10.6. The zero-order valence-corrected chi connectivity index (χ0v) is 11.0. The summed E-state index contributed by atoms with van der Waals surface area (Å²) in [5.74, 6) is 0.470. The first-order valence-electron chi connectivity index (χ1n) is 6.88. The molecule has 0 bridgehead atoms. The maximum Gasteiger partial charge on any atom is 0.328 e. The highest BCUT2D eigenvalue weighted by molar-refractivity contribution is 5.85. The maximum atomic E-state index is 10.6.